The molecule has 0 aliphatic rings. The van der Waals surface area contributed by atoms with Gasteiger partial charge in [-0.15, -0.1) is 5.46 Å². The second-order valence-electron chi connectivity index (χ2n) is 4.25. The molecule has 0 aromatic heterocycles. The molecule has 0 amide bonds. The predicted octanol–water partition coefficient (Wildman–Crippen LogP) is 0.839. The van der Waals surface area contributed by atoms with Gasteiger partial charge < -0.3 is 17.7 Å². The first kappa shape index (κ1) is 18.8. The van der Waals surface area contributed by atoms with E-state index in [4.69, 9.17) is 0 Å². The Balaban J connectivity index is 0.00000220. The van der Waals surface area contributed by atoms with Crippen LogP contribution in [0.2, 0.25) is 0 Å². The van der Waals surface area contributed by atoms with Crippen molar-refractivity contribution in [1.82, 2.24) is 0 Å². The number of halogens is 6. The quantitative estimate of drug-likeness (QED) is 0.598. The van der Waals surface area contributed by atoms with Crippen molar-refractivity contribution in [3.05, 3.63) is 36.4 Å². The molecular weight excluding hydrogens is 324 g/mol. The van der Waals surface area contributed by atoms with Crippen LogP contribution in [0.15, 0.2) is 36.4 Å². The maximum absolute atomic E-state index is 12.6. The fraction of sp³-hybridized carbons (Fsp3) is 0.167. The summed E-state index contributed by atoms with van der Waals surface area (Å²) >= 11 is 0. The molecule has 0 radical (unpaired) electrons. The van der Waals surface area contributed by atoms with Gasteiger partial charge in [0.15, 0.2) is 6.61 Å². The predicted molar refractivity (Wildman–Crippen MR) is 64.2 cm³/mol. The molecule has 0 aliphatic carbocycles. The van der Waals surface area contributed by atoms with Gasteiger partial charge in [-0.3, -0.25) is 0 Å². The number of hydrogen-bond acceptors (Lipinski definition) is 1. The van der Waals surface area contributed by atoms with Gasteiger partial charge in [-0.25, -0.2) is 0 Å². The number of fused-ring (bicyclic) bond motifs is 1. The molecular formula is C12H8BF6KO. The first-order chi connectivity index (χ1) is 9.15. The molecule has 0 heterocycles. The molecule has 0 spiro atoms. The summed E-state index contributed by atoms with van der Waals surface area (Å²) < 4.78 is 78.2. The van der Waals surface area contributed by atoms with Gasteiger partial charge in [0.2, 0.25) is 0 Å². The Labute approximate surface area is 159 Å². The van der Waals surface area contributed by atoms with E-state index in [9.17, 15) is 26.1 Å². The molecule has 2 rings (SSSR count). The van der Waals surface area contributed by atoms with Crippen molar-refractivity contribution >= 4 is 23.2 Å². The fourth-order valence-electron chi connectivity index (χ4n) is 1.70. The van der Waals surface area contributed by atoms with Gasteiger partial charge in [-0.1, -0.05) is 24.3 Å². The number of hydrogen-bond donors (Lipinski definition) is 0. The average molecular weight is 332 g/mol. The minimum Gasteiger partial charge on any atom is -0.484 e. The van der Waals surface area contributed by atoms with Gasteiger partial charge in [-0.05, 0) is 22.9 Å². The van der Waals surface area contributed by atoms with Gasteiger partial charge in [0.25, 0.3) is 0 Å². The molecule has 1 nitrogen and oxygen atoms in total. The summed E-state index contributed by atoms with van der Waals surface area (Å²) in [5, 5.41) is 0.675. The molecule has 0 N–H and O–H groups in total. The van der Waals surface area contributed by atoms with Crippen molar-refractivity contribution in [2.24, 2.45) is 0 Å². The minimum atomic E-state index is -5.10. The Morgan fingerprint density at radius 3 is 2.05 bits per heavy atom. The SMILES string of the molecule is F[B-](F)(F)c1ccc2cc(OCC(F)(F)F)ccc2c1.[K+]. The third-order valence-corrected chi connectivity index (χ3v) is 2.62. The van der Waals surface area contributed by atoms with E-state index in [0.29, 0.717) is 10.8 Å². The molecule has 0 bridgehead atoms. The van der Waals surface area contributed by atoms with Crippen LogP contribution in [-0.2, 0) is 0 Å². The second-order valence-corrected chi connectivity index (χ2v) is 4.25. The molecule has 21 heavy (non-hydrogen) atoms. The number of rotatable bonds is 3. The van der Waals surface area contributed by atoms with Crippen LogP contribution >= 0.6 is 0 Å². The van der Waals surface area contributed by atoms with E-state index in [2.05, 4.69) is 4.74 Å². The van der Waals surface area contributed by atoms with Crippen molar-refractivity contribution < 1.29 is 82.2 Å². The van der Waals surface area contributed by atoms with Gasteiger partial charge >= 0.3 is 64.5 Å². The van der Waals surface area contributed by atoms with Gasteiger partial charge in [0, 0.05) is 0 Å². The number of alkyl halides is 3. The first-order valence-electron chi connectivity index (χ1n) is 5.58. The molecule has 0 aliphatic heterocycles. The van der Waals surface area contributed by atoms with E-state index < -0.39 is 25.2 Å². The van der Waals surface area contributed by atoms with Gasteiger partial charge in [-0.2, -0.15) is 13.2 Å². The maximum Gasteiger partial charge on any atom is 1.00 e. The Hall–Kier alpha value is -0.219. The summed E-state index contributed by atoms with van der Waals surface area (Å²) in [7, 11) is 0. The summed E-state index contributed by atoms with van der Waals surface area (Å²) in [6.07, 6.45) is -4.46. The van der Waals surface area contributed by atoms with Crippen LogP contribution in [0.3, 0.4) is 0 Å². The molecule has 0 atom stereocenters. The van der Waals surface area contributed by atoms with Crippen LogP contribution in [0.5, 0.6) is 5.75 Å². The van der Waals surface area contributed by atoms with E-state index in [1.165, 1.54) is 24.3 Å². The summed E-state index contributed by atoms with van der Waals surface area (Å²) in [5.74, 6) is -0.0416. The molecule has 108 valence electrons. The number of ether oxygens (including phenoxy) is 1. The minimum absolute atomic E-state index is 0. The van der Waals surface area contributed by atoms with E-state index in [1.807, 2.05) is 0 Å². The van der Waals surface area contributed by atoms with Gasteiger partial charge in [0.05, 0.1) is 0 Å². The van der Waals surface area contributed by atoms with Crippen LogP contribution in [0.1, 0.15) is 0 Å². The van der Waals surface area contributed by atoms with E-state index in [1.54, 1.807) is 0 Å². The standard InChI is InChI=1S/C12H8BF6O.K/c14-12(15,16)7-20-11-4-2-8-5-10(13(17,18)19)3-1-9(8)6-11;/h1-6H,7H2;/q-1;+1. The maximum atomic E-state index is 12.6. The van der Waals surface area contributed by atoms with Gasteiger partial charge in [0.1, 0.15) is 5.75 Å². The summed E-state index contributed by atoms with van der Waals surface area (Å²) in [5.41, 5.74) is -0.749. The summed E-state index contributed by atoms with van der Waals surface area (Å²) in [6.45, 7) is -6.54. The monoisotopic (exact) mass is 332 g/mol. The van der Waals surface area contributed by atoms with E-state index in [0.717, 1.165) is 12.1 Å². The van der Waals surface area contributed by atoms with E-state index >= 15 is 0 Å². The molecule has 2 aromatic carbocycles. The smallest absolute Gasteiger partial charge is 0.484 e. The van der Waals surface area contributed by atoms with Crippen molar-refractivity contribution in [3.8, 4) is 5.75 Å². The third-order valence-electron chi connectivity index (χ3n) is 2.62. The fourth-order valence-corrected chi connectivity index (χ4v) is 1.70. The molecule has 2 aromatic rings. The van der Waals surface area contributed by atoms with Crippen LogP contribution < -0.4 is 61.6 Å². The summed E-state index contributed by atoms with van der Waals surface area (Å²) in [6, 6.07) is 6.85. The molecule has 0 fully saturated rings. The average Bonchev–Trinajstić information content (AvgIpc) is 2.33. The topological polar surface area (TPSA) is 9.23 Å². The van der Waals surface area contributed by atoms with Crippen molar-refractivity contribution in [2.45, 2.75) is 6.18 Å². The zero-order chi connectivity index (χ0) is 15.0. The largest absolute Gasteiger partial charge is 1.00 e. The molecule has 0 saturated heterocycles. The molecule has 0 saturated carbocycles. The van der Waals surface area contributed by atoms with Crippen LogP contribution in [-0.4, -0.2) is 19.8 Å². The Morgan fingerprint density at radius 1 is 0.905 bits per heavy atom. The molecule has 9 heteroatoms. The Morgan fingerprint density at radius 2 is 1.48 bits per heavy atom. The van der Waals surface area contributed by atoms with Crippen molar-refractivity contribution in [2.75, 3.05) is 6.61 Å². The first-order valence-corrected chi connectivity index (χ1v) is 5.58. The third kappa shape index (κ3) is 5.48. The Kier molecular flexibility index (Phi) is 6.19. The summed E-state index contributed by atoms with van der Waals surface area (Å²) in [4.78, 5) is 0. The van der Waals surface area contributed by atoms with Crippen LogP contribution in [0, 0.1) is 0 Å². The van der Waals surface area contributed by atoms with Crippen LogP contribution in [0.4, 0.5) is 26.1 Å². The van der Waals surface area contributed by atoms with E-state index in [-0.39, 0.29) is 57.1 Å². The van der Waals surface area contributed by atoms with Crippen molar-refractivity contribution in [1.29, 1.82) is 0 Å². The van der Waals surface area contributed by atoms with Crippen LogP contribution in [0.25, 0.3) is 10.8 Å². The second kappa shape index (κ2) is 6.91. The molecule has 0 unspecified atom stereocenters. The Bertz CT molecular complexity index is 625. The van der Waals surface area contributed by atoms with Crippen molar-refractivity contribution in [3.63, 3.8) is 0 Å². The number of benzene rings is 2. The zero-order valence-corrected chi connectivity index (χ0v) is 14.0. The zero-order valence-electron chi connectivity index (χ0n) is 10.9. The normalized spacial score (nSPS) is 12.1.